The monoisotopic (exact) mass is 777 g/mol. The molecule has 11 heteroatoms. The van der Waals surface area contributed by atoms with Gasteiger partial charge >= 0.3 is 21.1 Å². The summed E-state index contributed by atoms with van der Waals surface area (Å²) in [5.41, 5.74) is 2.64. The van der Waals surface area contributed by atoms with Gasteiger partial charge in [0.05, 0.1) is 21.4 Å². The smallest absolute Gasteiger partial charge is 0.541 e. The standard InChI is InChI=1S/C32H25F2N4O3S.Pt/c1-32(2,28-19-23(21-12-8-5-9-13-21)17-26(36-28)31(39)38-42(3,40)41)27-18-22(20-10-6-4-7-11-20)16-25(35-27)24-14-15-29(33)37-30(24)34;/h4-13,15-19H,1-3H3,(H,38,39);/q-1;+2/p-1. The third-order valence-corrected chi connectivity index (χ3v) is 7.11. The average molecular weight is 778 g/mol. The second-order valence-corrected chi connectivity index (χ2v) is 11.8. The number of pyridine rings is 3. The van der Waals surface area contributed by atoms with Crippen LogP contribution in [0.1, 0.15) is 35.7 Å². The molecule has 7 nitrogen and oxygen atoms in total. The minimum Gasteiger partial charge on any atom is -0.541 e. The Morgan fingerprint density at radius 1 is 0.791 bits per heavy atom. The Kier molecular flexibility index (Phi) is 9.32. The number of rotatable bonds is 7. The van der Waals surface area contributed by atoms with E-state index >= 15 is 0 Å². The molecule has 0 N–H and O–H groups in total. The third kappa shape index (κ3) is 7.26. The van der Waals surface area contributed by atoms with Crippen LogP contribution in [0.3, 0.4) is 0 Å². The zero-order valence-corrected chi connectivity index (χ0v) is 26.2. The van der Waals surface area contributed by atoms with Gasteiger partial charge in [-0.2, -0.15) is 0 Å². The Morgan fingerprint density at radius 2 is 1.33 bits per heavy atom. The number of nitrogens with zero attached hydrogens (tertiary/aromatic N) is 4. The third-order valence-electron chi connectivity index (χ3n) is 6.62. The van der Waals surface area contributed by atoms with Crippen LogP contribution in [0.15, 0.2) is 91.0 Å². The van der Waals surface area contributed by atoms with E-state index in [9.17, 15) is 22.0 Å². The molecule has 0 saturated heterocycles. The van der Waals surface area contributed by atoms with Gasteiger partial charge in [-0.15, -0.1) is 6.07 Å². The van der Waals surface area contributed by atoms with Crippen LogP contribution in [0.5, 0.6) is 0 Å². The van der Waals surface area contributed by atoms with E-state index in [2.05, 4.69) is 20.8 Å². The van der Waals surface area contributed by atoms with E-state index in [1.54, 1.807) is 12.1 Å². The van der Waals surface area contributed by atoms with Gasteiger partial charge < -0.3 is 14.5 Å². The summed E-state index contributed by atoms with van der Waals surface area (Å²) in [6, 6.07) is 28.9. The molecule has 0 atom stereocenters. The number of amides is 1. The number of carbonyl (C=O) groups is 1. The molecule has 0 spiro atoms. The van der Waals surface area contributed by atoms with E-state index in [-0.39, 0.29) is 38.0 Å². The van der Waals surface area contributed by atoms with Crippen molar-refractivity contribution in [2.45, 2.75) is 19.3 Å². The molecule has 0 saturated carbocycles. The molecule has 1 amide bonds. The van der Waals surface area contributed by atoms with Gasteiger partial charge in [0, 0.05) is 17.4 Å². The van der Waals surface area contributed by atoms with Gasteiger partial charge in [0.2, 0.25) is 0 Å². The van der Waals surface area contributed by atoms with Crippen molar-refractivity contribution in [3.63, 3.8) is 0 Å². The van der Waals surface area contributed by atoms with Crippen LogP contribution in [0.2, 0.25) is 0 Å². The topological polar surface area (TPSA) is 104 Å². The average Bonchev–Trinajstić information content (AvgIpc) is 2.96. The summed E-state index contributed by atoms with van der Waals surface area (Å²) in [4.78, 5) is 25.4. The van der Waals surface area contributed by atoms with Crippen molar-refractivity contribution in [2.24, 2.45) is 0 Å². The number of benzene rings is 2. The number of carbonyl (C=O) groups excluding carboxylic acids is 1. The maximum atomic E-state index is 14.8. The minimum absolute atomic E-state index is 0. The predicted molar refractivity (Wildman–Crippen MR) is 156 cm³/mol. The number of hydrogen-bond acceptors (Lipinski definition) is 6. The zero-order chi connectivity index (χ0) is 30.1. The largest absolute Gasteiger partial charge is 2.00 e. The molecule has 5 aromatic rings. The van der Waals surface area contributed by atoms with Crippen LogP contribution < -0.4 is 0 Å². The summed E-state index contributed by atoms with van der Waals surface area (Å²) in [5, 5.41) is 0. The molecule has 3 aromatic heterocycles. The van der Waals surface area contributed by atoms with Gasteiger partial charge in [-0.05, 0) is 60.0 Å². The normalized spacial score (nSPS) is 11.5. The van der Waals surface area contributed by atoms with Crippen molar-refractivity contribution < 1.29 is 43.1 Å². The Morgan fingerprint density at radius 3 is 1.86 bits per heavy atom. The Labute approximate surface area is 262 Å². The molecule has 220 valence electrons. The maximum absolute atomic E-state index is 14.8. The molecule has 2 aromatic carbocycles. The molecule has 43 heavy (non-hydrogen) atoms. The molecule has 0 fully saturated rings. The van der Waals surface area contributed by atoms with E-state index in [0.29, 0.717) is 22.5 Å². The number of aromatic nitrogens is 3. The molecule has 0 aliphatic carbocycles. The molecule has 5 rings (SSSR count). The van der Waals surface area contributed by atoms with Crippen molar-refractivity contribution in [3.8, 4) is 33.5 Å². The second kappa shape index (κ2) is 12.6. The van der Waals surface area contributed by atoms with E-state index in [1.165, 1.54) is 6.07 Å². The van der Waals surface area contributed by atoms with Crippen LogP contribution in [0.25, 0.3) is 38.2 Å². The molecule has 0 aliphatic rings. The first-order valence-corrected chi connectivity index (χ1v) is 14.6. The van der Waals surface area contributed by atoms with Gasteiger partial charge in [0.25, 0.3) is 0 Å². The Hall–Kier alpha value is -4.14. The Bertz CT molecular complexity index is 1910. The van der Waals surface area contributed by atoms with Crippen molar-refractivity contribution in [2.75, 3.05) is 6.26 Å². The molecular formula is C32H24F2N4O3PtS. The van der Waals surface area contributed by atoms with Crippen LogP contribution in [-0.4, -0.2) is 35.5 Å². The fraction of sp³-hybridized carbons (Fsp3) is 0.125. The van der Waals surface area contributed by atoms with Crippen LogP contribution in [-0.2, 0) is 36.5 Å². The molecule has 0 aliphatic heterocycles. The van der Waals surface area contributed by atoms with E-state index in [0.717, 1.165) is 23.4 Å². The first-order chi connectivity index (χ1) is 19.9. The fourth-order valence-corrected chi connectivity index (χ4v) is 4.81. The fourth-order valence-electron chi connectivity index (χ4n) is 4.42. The van der Waals surface area contributed by atoms with Gasteiger partial charge in [0.1, 0.15) is 17.8 Å². The molecule has 0 radical (unpaired) electrons. The number of halogens is 2. The van der Waals surface area contributed by atoms with Gasteiger partial charge in [-0.3, -0.25) is 9.97 Å². The maximum Gasteiger partial charge on any atom is 2.00 e. The second-order valence-electron chi connectivity index (χ2n) is 10.1. The quantitative estimate of drug-likeness (QED) is 0.134. The van der Waals surface area contributed by atoms with Crippen molar-refractivity contribution in [1.82, 2.24) is 15.0 Å². The summed E-state index contributed by atoms with van der Waals surface area (Å²) in [7, 11) is -3.98. The van der Waals surface area contributed by atoms with Crippen molar-refractivity contribution in [1.29, 1.82) is 0 Å². The molecular weight excluding hydrogens is 754 g/mol. The first-order valence-electron chi connectivity index (χ1n) is 12.8. The first kappa shape index (κ1) is 31.8. The van der Waals surface area contributed by atoms with E-state index in [1.807, 2.05) is 80.6 Å². The molecule has 0 unspecified atom stereocenters. The summed E-state index contributed by atoms with van der Waals surface area (Å²) in [6.45, 7) is 3.66. The minimum atomic E-state index is -3.98. The number of sulfonamides is 1. The molecule has 0 bridgehead atoms. The van der Waals surface area contributed by atoms with Gasteiger partial charge in [-0.25, -0.2) is 17.2 Å². The summed E-state index contributed by atoms with van der Waals surface area (Å²) in [6.07, 6.45) is 0.831. The molecule has 3 heterocycles. The van der Waals surface area contributed by atoms with Crippen molar-refractivity contribution >= 4 is 15.9 Å². The van der Waals surface area contributed by atoms with Crippen LogP contribution in [0, 0.1) is 18.0 Å². The van der Waals surface area contributed by atoms with Crippen LogP contribution >= 0.6 is 0 Å². The Balaban J connectivity index is 0.00000423. The van der Waals surface area contributed by atoms with Crippen molar-refractivity contribution in [3.05, 3.63) is 131 Å². The predicted octanol–water partition coefficient (Wildman–Crippen LogP) is 6.75. The zero-order valence-electron chi connectivity index (χ0n) is 23.2. The van der Waals surface area contributed by atoms with Gasteiger partial charge in [-0.1, -0.05) is 78.4 Å². The SMILES string of the molecule is CC(C)(c1cc(-c2ccccc2)cc(C(=O)[N-]S(C)(=O)=O)n1)c1cc(-c2ccccc2)cc(-c2[c-]cc(F)nc2F)n1.[Pt+2]. The summed E-state index contributed by atoms with van der Waals surface area (Å²) in [5.74, 6) is -3.07. The summed E-state index contributed by atoms with van der Waals surface area (Å²) >= 11 is 0. The summed E-state index contributed by atoms with van der Waals surface area (Å²) < 4.78 is 55.3. The number of hydrogen-bond donors (Lipinski definition) is 0. The van der Waals surface area contributed by atoms with Gasteiger partial charge in [0.15, 0.2) is 0 Å². The van der Waals surface area contributed by atoms with Crippen LogP contribution in [0.4, 0.5) is 8.78 Å². The van der Waals surface area contributed by atoms with E-state index in [4.69, 9.17) is 4.98 Å². The van der Waals surface area contributed by atoms with E-state index < -0.39 is 33.2 Å².